The lowest BCUT2D eigenvalue weighted by Gasteiger charge is -2.14. The Balaban J connectivity index is 2.45. The fourth-order valence-electron chi connectivity index (χ4n) is 2.12. The topological polar surface area (TPSA) is 12.0 Å². The molecule has 0 heterocycles. The van der Waals surface area contributed by atoms with Crippen LogP contribution in [0.25, 0.3) is 11.1 Å². The molecule has 0 saturated heterocycles. The summed E-state index contributed by atoms with van der Waals surface area (Å²) in [6.45, 7) is 6.92. The first-order valence-electron chi connectivity index (χ1n) is 6.75. The molecule has 0 saturated carbocycles. The second-order valence-corrected chi connectivity index (χ2v) is 5.76. The quantitative estimate of drug-likeness (QED) is 0.840. The molecule has 0 spiro atoms. The van der Waals surface area contributed by atoms with Gasteiger partial charge in [-0.2, -0.15) is 0 Å². The molecule has 0 aliphatic carbocycles. The zero-order chi connectivity index (χ0) is 14.7. The van der Waals surface area contributed by atoms with E-state index in [4.69, 9.17) is 11.6 Å². The van der Waals surface area contributed by atoms with Crippen molar-refractivity contribution in [1.29, 1.82) is 0 Å². The van der Waals surface area contributed by atoms with Gasteiger partial charge in [0.2, 0.25) is 0 Å². The van der Waals surface area contributed by atoms with Crippen molar-refractivity contribution < 1.29 is 4.39 Å². The van der Waals surface area contributed by atoms with E-state index in [1.807, 2.05) is 19.1 Å². The number of benzene rings is 2. The van der Waals surface area contributed by atoms with Crippen LogP contribution in [0, 0.1) is 12.7 Å². The minimum atomic E-state index is -0.283. The summed E-state index contributed by atoms with van der Waals surface area (Å²) in [6, 6.07) is 11.3. The molecule has 20 heavy (non-hydrogen) atoms. The third kappa shape index (κ3) is 3.59. The van der Waals surface area contributed by atoms with E-state index in [1.165, 1.54) is 6.07 Å². The van der Waals surface area contributed by atoms with Crippen LogP contribution in [0.4, 0.5) is 4.39 Å². The van der Waals surface area contributed by atoms with Gasteiger partial charge in [-0.25, -0.2) is 4.39 Å². The molecule has 0 unspecified atom stereocenters. The Labute approximate surface area is 124 Å². The maximum atomic E-state index is 14.1. The summed E-state index contributed by atoms with van der Waals surface area (Å²) in [5.41, 5.74) is 3.72. The van der Waals surface area contributed by atoms with Crippen molar-refractivity contribution in [2.75, 3.05) is 0 Å². The number of hydrogen-bond acceptors (Lipinski definition) is 1. The van der Waals surface area contributed by atoms with Gasteiger partial charge in [0.05, 0.1) is 0 Å². The smallest absolute Gasteiger partial charge is 0.132 e. The van der Waals surface area contributed by atoms with Crippen LogP contribution >= 0.6 is 11.6 Å². The Hall–Kier alpha value is -1.38. The maximum absolute atomic E-state index is 14.1. The monoisotopic (exact) mass is 291 g/mol. The second kappa shape index (κ2) is 6.38. The van der Waals surface area contributed by atoms with E-state index in [-0.39, 0.29) is 5.82 Å². The Morgan fingerprint density at radius 1 is 1.10 bits per heavy atom. The van der Waals surface area contributed by atoms with E-state index in [2.05, 4.69) is 25.2 Å². The first-order chi connectivity index (χ1) is 9.47. The van der Waals surface area contributed by atoms with Crippen molar-refractivity contribution in [1.82, 2.24) is 5.32 Å². The molecule has 0 aliphatic heterocycles. The van der Waals surface area contributed by atoms with Gasteiger partial charge >= 0.3 is 0 Å². The highest BCUT2D eigenvalue weighted by molar-refractivity contribution is 6.30. The van der Waals surface area contributed by atoms with Crippen LogP contribution in [-0.4, -0.2) is 6.04 Å². The van der Waals surface area contributed by atoms with Gasteiger partial charge in [-0.05, 0) is 36.2 Å². The predicted molar refractivity (Wildman–Crippen MR) is 83.6 cm³/mol. The first kappa shape index (κ1) is 15.0. The van der Waals surface area contributed by atoms with Crippen molar-refractivity contribution in [3.05, 3.63) is 58.4 Å². The van der Waals surface area contributed by atoms with Crippen LogP contribution in [0.5, 0.6) is 0 Å². The first-order valence-corrected chi connectivity index (χ1v) is 7.13. The predicted octanol–water partition coefficient (Wildman–Crippen LogP) is 4.95. The number of halogens is 2. The van der Waals surface area contributed by atoms with E-state index in [0.29, 0.717) is 16.6 Å². The average molecular weight is 292 g/mol. The van der Waals surface area contributed by atoms with Gasteiger partial charge in [0.25, 0.3) is 0 Å². The fourth-order valence-corrected chi connectivity index (χ4v) is 2.28. The van der Waals surface area contributed by atoms with Crippen molar-refractivity contribution >= 4 is 11.6 Å². The highest BCUT2D eigenvalue weighted by Crippen LogP contribution is 2.29. The minimum Gasteiger partial charge on any atom is -0.310 e. The molecule has 0 atom stereocenters. The number of hydrogen-bond donors (Lipinski definition) is 1. The van der Waals surface area contributed by atoms with E-state index in [0.717, 1.165) is 23.2 Å². The molecule has 1 nitrogen and oxygen atoms in total. The van der Waals surface area contributed by atoms with Gasteiger partial charge in [-0.3, -0.25) is 0 Å². The second-order valence-electron chi connectivity index (χ2n) is 5.32. The van der Waals surface area contributed by atoms with Gasteiger partial charge < -0.3 is 5.32 Å². The molecule has 0 radical (unpaired) electrons. The van der Waals surface area contributed by atoms with E-state index in [1.54, 1.807) is 12.1 Å². The third-order valence-electron chi connectivity index (χ3n) is 3.19. The molecule has 0 amide bonds. The van der Waals surface area contributed by atoms with Crippen LogP contribution in [0.15, 0.2) is 36.4 Å². The largest absolute Gasteiger partial charge is 0.310 e. The van der Waals surface area contributed by atoms with Crippen molar-refractivity contribution in [3.8, 4) is 11.1 Å². The summed E-state index contributed by atoms with van der Waals surface area (Å²) in [5.74, 6) is -0.283. The Bertz CT molecular complexity index is 608. The summed E-state index contributed by atoms with van der Waals surface area (Å²) in [6.07, 6.45) is 0. The maximum Gasteiger partial charge on any atom is 0.132 e. The molecule has 1 N–H and O–H groups in total. The number of nitrogens with one attached hydrogen (secondary N) is 1. The lowest BCUT2D eigenvalue weighted by molar-refractivity contribution is 0.588. The zero-order valence-electron chi connectivity index (χ0n) is 12.0. The molecule has 3 heteroatoms. The molecular formula is C17H19ClFN. The van der Waals surface area contributed by atoms with E-state index >= 15 is 0 Å². The normalized spacial score (nSPS) is 11.1. The minimum absolute atomic E-state index is 0.283. The lowest BCUT2D eigenvalue weighted by atomic mass is 9.97. The summed E-state index contributed by atoms with van der Waals surface area (Å²) >= 11 is 5.83. The molecule has 0 aliphatic rings. The summed E-state index contributed by atoms with van der Waals surface area (Å²) in [5, 5.41) is 3.79. The van der Waals surface area contributed by atoms with E-state index < -0.39 is 0 Å². The van der Waals surface area contributed by atoms with Crippen LogP contribution in [0.3, 0.4) is 0 Å². The molecule has 0 aromatic heterocycles. The van der Waals surface area contributed by atoms with Gasteiger partial charge in [0, 0.05) is 23.2 Å². The highest BCUT2D eigenvalue weighted by Gasteiger charge is 2.11. The SMILES string of the molecule is Cc1ccc(CNC(C)C)c(-c2ccc(Cl)cc2F)c1. The summed E-state index contributed by atoms with van der Waals surface area (Å²) in [7, 11) is 0. The molecule has 2 rings (SSSR count). The van der Waals surface area contributed by atoms with Gasteiger partial charge in [0.15, 0.2) is 0 Å². The summed E-state index contributed by atoms with van der Waals surface area (Å²) in [4.78, 5) is 0. The number of aryl methyl sites for hydroxylation is 1. The van der Waals surface area contributed by atoms with Gasteiger partial charge in [0.1, 0.15) is 5.82 Å². The Kier molecular flexibility index (Phi) is 4.79. The average Bonchev–Trinajstić information content (AvgIpc) is 2.37. The van der Waals surface area contributed by atoms with Crippen LogP contribution in [-0.2, 0) is 6.54 Å². The van der Waals surface area contributed by atoms with Gasteiger partial charge in [-0.15, -0.1) is 0 Å². The lowest BCUT2D eigenvalue weighted by Crippen LogP contribution is -2.22. The van der Waals surface area contributed by atoms with Crippen molar-refractivity contribution in [2.45, 2.75) is 33.4 Å². The van der Waals surface area contributed by atoms with Crippen LogP contribution in [0.1, 0.15) is 25.0 Å². The Morgan fingerprint density at radius 2 is 1.85 bits per heavy atom. The third-order valence-corrected chi connectivity index (χ3v) is 3.42. The standard InChI is InChI=1S/C17H19ClFN/c1-11(2)20-10-13-5-4-12(3)8-16(13)15-7-6-14(18)9-17(15)19/h4-9,11,20H,10H2,1-3H3. The molecule has 2 aromatic carbocycles. The molecule has 0 bridgehead atoms. The zero-order valence-corrected chi connectivity index (χ0v) is 12.8. The summed E-state index contributed by atoms with van der Waals surface area (Å²) < 4.78 is 14.1. The van der Waals surface area contributed by atoms with Crippen LogP contribution < -0.4 is 5.32 Å². The highest BCUT2D eigenvalue weighted by atomic mass is 35.5. The molecule has 106 valence electrons. The van der Waals surface area contributed by atoms with E-state index in [9.17, 15) is 4.39 Å². The van der Waals surface area contributed by atoms with Gasteiger partial charge in [-0.1, -0.05) is 49.2 Å². The fraction of sp³-hybridized carbons (Fsp3) is 0.294. The van der Waals surface area contributed by atoms with Crippen molar-refractivity contribution in [3.63, 3.8) is 0 Å². The molecule has 0 fully saturated rings. The van der Waals surface area contributed by atoms with Crippen LogP contribution in [0.2, 0.25) is 5.02 Å². The Morgan fingerprint density at radius 3 is 2.50 bits per heavy atom. The molecular weight excluding hydrogens is 273 g/mol. The molecule has 2 aromatic rings. The van der Waals surface area contributed by atoms with Crippen molar-refractivity contribution in [2.24, 2.45) is 0 Å². The number of rotatable bonds is 4.